The quantitative estimate of drug-likeness (QED) is 0.0169. The third-order valence-electron chi connectivity index (χ3n) is 19.1. The Morgan fingerprint density at radius 3 is 0.873 bits per heavy atom. The second kappa shape index (κ2) is 72.7. The molecule has 0 aliphatic carbocycles. The SMILES string of the molecule is CCCCCC/C=C\C=C/CCCCCCCC(=O)O[C@H](COC(=O)CCCCCCCCCCCCCCCCCCC(C)C)COP(=O)(O)OC[C@@H](O)COP(=O)(O)OC[C@@H](COC(=O)CCCCCCCCC(C)CC)OC(=O)CCCCCCCCCCCCCCCCCC(C)C. The number of hydrogen-bond donors (Lipinski definition) is 3. The number of phosphoric ester groups is 2. The molecule has 0 rings (SSSR count). The minimum absolute atomic E-state index is 0.0852. The summed E-state index contributed by atoms with van der Waals surface area (Å²) in [6, 6.07) is 0. The molecule has 0 heterocycles. The third-order valence-corrected chi connectivity index (χ3v) is 21.0. The van der Waals surface area contributed by atoms with Crippen LogP contribution >= 0.6 is 15.6 Å². The average Bonchev–Trinajstić information content (AvgIpc) is 0.936. The van der Waals surface area contributed by atoms with E-state index in [4.69, 9.17) is 37.0 Å². The molecular weight excluding hydrogens is 1330 g/mol. The smallest absolute Gasteiger partial charge is 0.462 e. The molecule has 0 saturated heterocycles. The van der Waals surface area contributed by atoms with E-state index < -0.39 is 97.5 Å². The minimum Gasteiger partial charge on any atom is -0.462 e. The summed E-state index contributed by atoms with van der Waals surface area (Å²) in [5.41, 5.74) is 0. The van der Waals surface area contributed by atoms with Crippen LogP contribution in [0.3, 0.4) is 0 Å². The maximum atomic E-state index is 13.1. The summed E-state index contributed by atoms with van der Waals surface area (Å²) in [4.78, 5) is 73.1. The summed E-state index contributed by atoms with van der Waals surface area (Å²) < 4.78 is 68.7. The molecule has 0 aromatic rings. The van der Waals surface area contributed by atoms with Crippen LogP contribution in [0.25, 0.3) is 0 Å². The van der Waals surface area contributed by atoms with Crippen molar-refractivity contribution in [1.29, 1.82) is 0 Å². The van der Waals surface area contributed by atoms with Crippen LogP contribution < -0.4 is 0 Å². The van der Waals surface area contributed by atoms with E-state index in [1.165, 1.54) is 199 Å². The first kappa shape index (κ1) is 99.5. The van der Waals surface area contributed by atoms with Crippen molar-refractivity contribution in [1.82, 2.24) is 0 Å². The molecule has 0 aromatic carbocycles. The number of esters is 4. The van der Waals surface area contributed by atoms with Crippen LogP contribution in [-0.4, -0.2) is 96.7 Å². The van der Waals surface area contributed by atoms with Crippen molar-refractivity contribution in [3.05, 3.63) is 24.3 Å². The molecule has 0 aliphatic heterocycles. The molecule has 0 spiro atoms. The molecule has 0 aliphatic rings. The molecule has 3 N–H and O–H groups in total. The molecule has 17 nitrogen and oxygen atoms in total. The highest BCUT2D eigenvalue weighted by atomic mass is 31.2. The van der Waals surface area contributed by atoms with Crippen molar-refractivity contribution in [2.24, 2.45) is 17.8 Å². The molecule has 602 valence electrons. The van der Waals surface area contributed by atoms with Gasteiger partial charge < -0.3 is 33.8 Å². The van der Waals surface area contributed by atoms with Crippen molar-refractivity contribution in [2.75, 3.05) is 39.6 Å². The zero-order chi connectivity index (χ0) is 75.1. The Bertz CT molecular complexity index is 2070. The van der Waals surface area contributed by atoms with Gasteiger partial charge in [-0.1, -0.05) is 355 Å². The second-order valence-corrected chi connectivity index (χ2v) is 33.3. The van der Waals surface area contributed by atoms with Crippen molar-refractivity contribution in [3.8, 4) is 0 Å². The van der Waals surface area contributed by atoms with Gasteiger partial charge in [0.1, 0.15) is 19.3 Å². The first-order chi connectivity index (χ1) is 49.3. The van der Waals surface area contributed by atoms with Crippen LogP contribution in [0.4, 0.5) is 0 Å². The molecule has 6 atom stereocenters. The van der Waals surface area contributed by atoms with Crippen LogP contribution in [0.2, 0.25) is 0 Å². The van der Waals surface area contributed by atoms with Crippen LogP contribution in [0.1, 0.15) is 408 Å². The monoisotopic (exact) mass is 1490 g/mol. The summed E-state index contributed by atoms with van der Waals surface area (Å²) in [6.45, 7) is 11.9. The lowest BCUT2D eigenvalue weighted by molar-refractivity contribution is -0.161. The maximum absolute atomic E-state index is 13.1. The van der Waals surface area contributed by atoms with E-state index in [0.29, 0.717) is 25.7 Å². The van der Waals surface area contributed by atoms with E-state index in [2.05, 4.69) is 72.8 Å². The molecule has 0 radical (unpaired) electrons. The van der Waals surface area contributed by atoms with Gasteiger partial charge in [-0.25, -0.2) is 9.13 Å². The molecule has 19 heteroatoms. The van der Waals surface area contributed by atoms with Gasteiger partial charge in [0.25, 0.3) is 0 Å². The van der Waals surface area contributed by atoms with Crippen LogP contribution in [0.15, 0.2) is 24.3 Å². The van der Waals surface area contributed by atoms with E-state index in [1.807, 2.05) is 0 Å². The maximum Gasteiger partial charge on any atom is 0.472 e. The fourth-order valence-corrected chi connectivity index (χ4v) is 13.8. The summed E-state index contributed by atoms with van der Waals surface area (Å²) in [5, 5.41) is 10.6. The summed E-state index contributed by atoms with van der Waals surface area (Å²) in [7, 11) is -9.94. The lowest BCUT2D eigenvalue weighted by Gasteiger charge is -2.21. The summed E-state index contributed by atoms with van der Waals surface area (Å²) in [5.74, 6) is 0.201. The number of carbonyl (C=O) groups is 4. The van der Waals surface area contributed by atoms with Gasteiger partial charge in [0.2, 0.25) is 0 Å². The van der Waals surface area contributed by atoms with Crippen LogP contribution in [-0.2, 0) is 65.4 Å². The van der Waals surface area contributed by atoms with Crippen LogP contribution in [0.5, 0.6) is 0 Å². The second-order valence-electron chi connectivity index (χ2n) is 30.4. The number of unbranched alkanes of at least 4 members (excludes halogenated alkanes) is 43. The van der Waals surface area contributed by atoms with E-state index in [9.17, 15) is 43.2 Å². The lowest BCUT2D eigenvalue weighted by Crippen LogP contribution is -2.30. The number of aliphatic hydroxyl groups is 1. The van der Waals surface area contributed by atoms with E-state index in [1.54, 1.807) is 0 Å². The topological polar surface area (TPSA) is 237 Å². The van der Waals surface area contributed by atoms with E-state index in [-0.39, 0.29) is 25.7 Å². The summed E-state index contributed by atoms with van der Waals surface area (Å²) in [6.07, 6.45) is 64.7. The Labute approximate surface area is 624 Å². The van der Waals surface area contributed by atoms with Gasteiger partial charge in [0.05, 0.1) is 26.4 Å². The Hall–Kier alpha value is -2.46. The standard InChI is InChI=1S/C83H158O17P2/c1-8-10-11-12-13-14-15-16-20-28-33-38-43-52-59-66-82(87)99-78(70-93-80(85)64-57-50-42-37-32-27-23-18-17-21-25-30-35-40-47-54-61-74(3)4)72-97-101(89,90)95-68-77(84)69-96-102(91,92)98-73-79(71-94-81(86)65-58-51-46-45-49-56-63-76(7)9-2)100-83(88)67-60-53-44-39-34-29-24-19-22-26-31-36-41-48-55-62-75(5)6/h14-16,20,74-79,84H,8-13,17-19,21-73H2,1-7H3,(H,89,90)(H,91,92)/b15-14-,20-16-/t76?,77-,78-,79-/m1/s1. The summed E-state index contributed by atoms with van der Waals surface area (Å²) >= 11 is 0. The Balaban J connectivity index is 5.26. The molecule has 0 aromatic heterocycles. The van der Waals surface area contributed by atoms with Crippen molar-refractivity contribution in [3.63, 3.8) is 0 Å². The number of ether oxygens (including phenoxy) is 4. The lowest BCUT2D eigenvalue weighted by atomic mass is 10.00. The third kappa shape index (κ3) is 74.4. The van der Waals surface area contributed by atoms with Gasteiger partial charge in [-0.05, 0) is 69.1 Å². The molecule has 0 amide bonds. The van der Waals surface area contributed by atoms with Crippen molar-refractivity contribution >= 4 is 39.5 Å². The van der Waals surface area contributed by atoms with Gasteiger partial charge >= 0.3 is 39.5 Å². The molecule has 0 fully saturated rings. The minimum atomic E-state index is -4.97. The number of hydrogen-bond acceptors (Lipinski definition) is 15. The Kier molecular flexibility index (Phi) is 71.0. The molecular formula is C83H158O17P2. The number of phosphoric acid groups is 2. The Morgan fingerprint density at radius 1 is 0.324 bits per heavy atom. The molecule has 0 saturated carbocycles. The van der Waals surface area contributed by atoms with Gasteiger partial charge in [-0.15, -0.1) is 0 Å². The predicted octanol–water partition coefficient (Wildman–Crippen LogP) is 24.5. The van der Waals surface area contributed by atoms with Crippen molar-refractivity contribution < 1.29 is 80.2 Å². The fourth-order valence-electron chi connectivity index (χ4n) is 12.3. The first-order valence-electron chi connectivity index (χ1n) is 42.2. The van der Waals surface area contributed by atoms with Gasteiger partial charge in [-0.2, -0.15) is 0 Å². The number of rotatable bonds is 79. The highest BCUT2D eigenvalue weighted by Gasteiger charge is 2.30. The first-order valence-corrected chi connectivity index (χ1v) is 45.2. The zero-order valence-corrected chi connectivity index (χ0v) is 68.4. The Morgan fingerprint density at radius 2 is 0.578 bits per heavy atom. The number of allylic oxidation sites excluding steroid dienone is 4. The van der Waals surface area contributed by atoms with E-state index >= 15 is 0 Å². The highest BCUT2D eigenvalue weighted by Crippen LogP contribution is 2.45. The normalized spacial score (nSPS) is 14.4. The van der Waals surface area contributed by atoms with E-state index in [0.717, 1.165) is 127 Å². The zero-order valence-electron chi connectivity index (χ0n) is 66.6. The van der Waals surface area contributed by atoms with Gasteiger partial charge in [0.15, 0.2) is 12.2 Å². The molecule has 0 bridgehead atoms. The highest BCUT2D eigenvalue weighted by molar-refractivity contribution is 7.47. The molecule has 3 unspecified atom stereocenters. The average molecular weight is 1490 g/mol. The van der Waals surface area contributed by atoms with Gasteiger partial charge in [-0.3, -0.25) is 37.3 Å². The van der Waals surface area contributed by atoms with Crippen LogP contribution in [0, 0.1) is 17.8 Å². The van der Waals surface area contributed by atoms with Gasteiger partial charge in [0, 0.05) is 25.7 Å². The predicted molar refractivity (Wildman–Crippen MR) is 418 cm³/mol. The van der Waals surface area contributed by atoms with Crippen molar-refractivity contribution in [2.45, 2.75) is 426 Å². The largest absolute Gasteiger partial charge is 0.472 e. The molecule has 102 heavy (non-hydrogen) atoms. The fraction of sp³-hybridized carbons (Fsp3) is 0.904. The number of carbonyl (C=O) groups excluding carboxylic acids is 4. The number of aliphatic hydroxyl groups excluding tert-OH is 1.